The molecule has 0 bridgehead atoms. The minimum absolute atomic E-state index is 0.328. The van der Waals surface area contributed by atoms with Gasteiger partial charge in [0.05, 0.1) is 28.7 Å². The molecule has 5 N–H and O–H groups in total. The lowest BCUT2D eigenvalue weighted by molar-refractivity contribution is 0.198. The van der Waals surface area contributed by atoms with Crippen LogP contribution in [0.3, 0.4) is 0 Å². The molecule has 1 aromatic rings. The largest absolute Gasteiger partial charge is 0.397 e. The maximum atomic E-state index is 9.47. The van der Waals surface area contributed by atoms with E-state index in [0.29, 0.717) is 23.5 Å². The third-order valence-electron chi connectivity index (χ3n) is 2.83. The van der Waals surface area contributed by atoms with Gasteiger partial charge < -0.3 is 21.5 Å². The first kappa shape index (κ1) is 10.6. The highest BCUT2D eigenvalue weighted by atomic mass is 16.3. The number of β-amino-alcohol motifs (C(OH)–C–C–N with tert-alkyl or cyclic N) is 1. The predicted molar refractivity (Wildman–Crippen MR) is 62.8 cm³/mol. The molecule has 1 unspecified atom stereocenters. The summed E-state index contributed by atoms with van der Waals surface area (Å²) in [5.41, 5.74) is 13.5. The number of benzene rings is 1. The first-order valence-corrected chi connectivity index (χ1v) is 5.14. The number of anilines is 3. The van der Waals surface area contributed by atoms with Gasteiger partial charge in [-0.1, -0.05) is 0 Å². The van der Waals surface area contributed by atoms with Crippen LogP contribution in [0.15, 0.2) is 12.1 Å². The van der Waals surface area contributed by atoms with E-state index in [1.54, 1.807) is 12.1 Å². The normalized spacial score (nSPS) is 19.8. The highest BCUT2D eigenvalue weighted by Crippen LogP contribution is 2.30. The van der Waals surface area contributed by atoms with Gasteiger partial charge in [-0.05, 0) is 18.6 Å². The smallest absolute Gasteiger partial charge is 0.101 e. The summed E-state index contributed by atoms with van der Waals surface area (Å²) in [5, 5.41) is 18.5. The Labute approximate surface area is 93.9 Å². The lowest BCUT2D eigenvalue weighted by atomic mass is 10.1. The Morgan fingerprint density at radius 3 is 2.62 bits per heavy atom. The average molecular weight is 218 g/mol. The van der Waals surface area contributed by atoms with E-state index in [-0.39, 0.29) is 6.10 Å². The van der Waals surface area contributed by atoms with Crippen molar-refractivity contribution in [2.24, 2.45) is 0 Å². The molecule has 2 rings (SSSR count). The van der Waals surface area contributed by atoms with Crippen molar-refractivity contribution in [3.05, 3.63) is 17.7 Å². The van der Waals surface area contributed by atoms with Crippen LogP contribution in [0.25, 0.3) is 0 Å². The van der Waals surface area contributed by atoms with Gasteiger partial charge in [0.25, 0.3) is 0 Å². The fourth-order valence-corrected chi connectivity index (χ4v) is 1.93. The summed E-state index contributed by atoms with van der Waals surface area (Å²) >= 11 is 0. The van der Waals surface area contributed by atoms with Crippen molar-refractivity contribution >= 4 is 17.1 Å². The van der Waals surface area contributed by atoms with Crippen molar-refractivity contribution in [3.8, 4) is 6.07 Å². The van der Waals surface area contributed by atoms with Crippen LogP contribution in [-0.2, 0) is 0 Å². The number of nitriles is 1. The fraction of sp³-hybridized carbons (Fsp3) is 0.364. The molecule has 1 saturated heterocycles. The van der Waals surface area contributed by atoms with Crippen LogP contribution in [0.1, 0.15) is 12.0 Å². The third-order valence-corrected chi connectivity index (χ3v) is 2.83. The average Bonchev–Trinajstić information content (AvgIpc) is 2.68. The first-order chi connectivity index (χ1) is 7.61. The van der Waals surface area contributed by atoms with Gasteiger partial charge >= 0.3 is 0 Å². The highest BCUT2D eigenvalue weighted by Gasteiger charge is 2.23. The Hall–Kier alpha value is -1.93. The lowest BCUT2D eigenvalue weighted by Crippen LogP contribution is -2.22. The maximum absolute atomic E-state index is 9.47. The second-order valence-electron chi connectivity index (χ2n) is 4.00. The quantitative estimate of drug-likeness (QED) is 0.588. The molecule has 84 valence electrons. The molecule has 1 aliphatic heterocycles. The monoisotopic (exact) mass is 218 g/mol. The molecule has 0 saturated carbocycles. The van der Waals surface area contributed by atoms with E-state index < -0.39 is 0 Å². The number of rotatable bonds is 1. The summed E-state index contributed by atoms with van der Waals surface area (Å²) in [7, 11) is 0. The van der Waals surface area contributed by atoms with E-state index >= 15 is 0 Å². The molecule has 1 heterocycles. The number of aliphatic hydroxyl groups excluding tert-OH is 1. The highest BCUT2D eigenvalue weighted by molar-refractivity contribution is 5.75. The van der Waals surface area contributed by atoms with Crippen molar-refractivity contribution in [2.75, 3.05) is 29.5 Å². The van der Waals surface area contributed by atoms with Crippen LogP contribution < -0.4 is 16.4 Å². The topological polar surface area (TPSA) is 99.3 Å². The molecule has 16 heavy (non-hydrogen) atoms. The van der Waals surface area contributed by atoms with Gasteiger partial charge in [-0.3, -0.25) is 0 Å². The van der Waals surface area contributed by atoms with Crippen LogP contribution in [0, 0.1) is 11.3 Å². The van der Waals surface area contributed by atoms with Crippen LogP contribution in [0.5, 0.6) is 0 Å². The predicted octanol–water partition coefficient (Wildman–Crippen LogP) is 0.294. The standard InChI is InChI=1S/C11H14N4O/c12-5-7-3-9(13)10(14)4-11(7)15-2-1-8(16)6-15/h3-4,8,16H,1-2,6,13-14H2. The van der Waals surface area contributed by atoms with Gasteiger partial charge in [0.1, 0.15) is 6.07 Å². The number of hydrogen-bond donors (Lipinski definition) is 3. The molecular formula is C11H14N4O. The minimum Gasteiger partial charge on any atom is -0.397 e. The van der Waals surface area contributed by atoms with E-state index in [2.05, 4.69) is 6.07 Å². The number of nitrogen functional groups attached to an aromatic ring is 2. The van der Waals surface area contributed by atoms with Gasteiger partial charge in [0, 0.05) is 13.1 Å². The summed E-state index contributed by atoms with van der Waals surface area (Å²) in [6.07, 6.45) is 0.389. The Balaban J connectivity index is 2.40. The molecule has 1 atom stereocenters. The summed E-state index contributed by atoms with van der Waals surface area (Å²) in [6, 6.07) is 5.38. The maximum Gasteiger partial charge on any atom is 0.101 e. The van der Waals surface area contributed by atoms with E-state index in [0.717, 1.165) is 18.7 Å². The molecule has 0 aliphatic carbocycles. The zero-order chi connectivity index (χ0) is 11.7. The van der Waals surface area contributed by atoms with E-state index in [4.69, 9.17) is 16.7 Å². The molecule has 1 aromatic carbocycles. The van der Waals surface area contributed by atoms with Gasteiger partial charge in [0.2, 0.25) is 0 Å². The molecule has 5 nitrogen and oxygen atoms in total. The number of nitrogens with zero attached hydrogens (tertiary/aromatic N) is 2. The molecule has 0 radical (unpaired) electrons. The third kappa shape index (κ3) is 1.75. The van der Waals surface area contributed by atoms with Crippen molar-refractivity contribution in [3.63, 3.8) is 0 Å². The SMILES string of the molecule is N#Cc1cc(N)c(N)cc1N1CCC(O)C1. The number of aliphatic hydroxyl groups is 1. The van der Waals surface area contributed by atoms with Crippen LogP contribution in [0.2, 0.25) is 0 Å². The van der Waals surface area contributed by atoms with E-state index in [1.165, 1.54) is 0 Å². The number of hydrogen-bond acceptors (Lipinski definition) is 5. The molecule has 0 amide bonds. The van der Waals surface area contributed by atoms with Crippen LogP contribution >= 0.6 is 0 Å². The Kier molecular flexibility index (Phi) is 2.59. The first-order valence-electron chi connectivity index (χ1n) is 5.14. The van der Waals surface area contributed by atoms with Crippen molar-refractivity contribution in [1.29, 1.82) is 5.26 Å². The molecular weight excluding hydrogens is 204 g/mol. The van der Waals surface area contributed by atoms with Crippen molar-refractivity contribution in [1.82, 2.24) is 0 Å². The summed E-state index contributed by atoms with van der Waals surface area (Å²) in [5.74, 6) is 0. The van der Waals surface area contributed by atoms with Crippen molar-refractivity contribution < 1.29 is 5.11 Å². The van der Waals surface area contributed by atoms with Gasteiger partial charge in [-0.15, -0.1) is 0 Å². The summed E-state index contributed by atoms with van der Waals surface area (Å²) in [4.78, 5) is 1.96. The Morgan fingerprint density at radius 2 is 2.06 bits per heavy atom. The summed E-state index contributed by atoms with van der Waals surface area (Å²) in [6.45, 7) is 1.28. The molecule has 5 heteroatoms. The second kappa shape index (κ2) is 3.91. The zero-order valence-corrected chi connectivity index (χ0v) is 8.85. The Bertz CT molecular complexity index is 452. The molecule has 0 aromatic heterocycles. The zero-order valence-electron chi connectivity index (χ0n) is 8.85. The molecule has 0 spiro atoms. The summed E-state index contributed by atoms with van der Waals surface area (Å²) < 4.78 is 0. The number of nitrogens with two attached hydrogens (primary N) is 2. The van der Waals surface area contributed by atoms with Crippen LogP contribution in [0.4, 0.5) is 17.1 Å². The second-order valence-corrected chi connectivity index (χ2v) is 4.00. The molecule has 1 fully saturated rings. The van der Waals surface area contributed by atoms with E-state index in [9.17, 15) is 5.11 Å². The molecule has 1 aliphatic rings. The lowest BCUT2D eigenvalue weighted by Gasteiger charge is -2.20. The van der Waals surface area contributed by atoms with Gasteiger partial charge in [-0.25, -0.2) is 0 Å². The van der Waals surface area contributed by atoms with E-state index in [1.807, 2.05) is 4.90 Å². The minimum atomic E-state index is -0.328. The van der Waals surface area contributed by atoms with Crippen molar-refractivity contribution in [2.45, 2.75) is 12.5 Å². The Morgan fingerprint density at radius 1 is 1.38 bits per heavy atom. The van der Waals surface area contributed by atoms with Gasteiger partial charge in [-0.2, -0.15) is 5.26 Å². The fourth-order valence-electron chi connectivity index (χ4n) is 1.93. The van der Waals surface area contributed by atoms with Crippen LogP contribution in [-0.4, -0.2) is 24.3 Å². The van der Waals surface area contributed by atoms with Gasteiger partial charge in [0.15, 0.2) is 0 Å².